The normalized spacial score (nSPS) is 13.5. The van der Waals surface area contributed by atoms with Crippen LogP contribution in [0.1, 0.15) is 5.69 Å². The molecule has 2 heterocycles. The third-order valence-electron chi connectivity index (χ3n) is 5.70. The van der Waals surface area contributed by atoms with Crippen molar-refractivity contribution in [1.29, 1.82) is 0 Å². The molecule has 1 aromatic heterocycles. The van der Waals surface area contributed by atoms with E-state index in [2.05, 4.69) is 31.9 Å². The van der Waals surface area contributed by atoms with Gasteiger partial charge in [-0.3, -0.25) is 4.90 Å². The molecule has 1 saturated heterocycles. The number of carboxylic acids is 2. The van der Waals surface area contributed by atoms with Gasteiger partial charge in [0.1, 0.15) is 12.4 Å². The van der Waals surface area contributed by atoms with Crippen LogP contribution in [0.2, 0.25) is 0 Å². The smallest absolute Gasteiger partial charge is 0.328 e. The van der Waals surface area contributed by atoms with Crippen LogP contribution in [0.4, 0.5) is 5.69 Å². The van der Waals surface area contributed by atoms with E-state index in [4.69, 9.17) is 19.7 Å². The lowest BCUT2D eigenvalue weighted by Gasteiger charge is -2.36. The number of nitrogens with zero attached hydrogens (tertiary/aromatic N) is 4. The number of aromatic nitrogens is 2. The molecule has 0 unspecified atom stereocenters. The summed E-state index contributed by atoms with van der Waals surface area (Å²) in [6.07, 6.45) is 1.12. The Labute approximate surface area is 221 Å². The molecule has 4 rings (SSSR count). The van der Waals surface area contributed by atoms with E-state index in [9.17, 15) is 9.59 Å². The predicted molar refractivity (Wildman–Crippen MR) is 144 cm³/mol. The molecule has 2 N–H and O–H groups in total. The molecule has 1 fully saturated rings. The Morgan fingerprint density at radius 1 is 0.921 bits per heavy atom. The van der Waals surface area contributed by atoms with Crippen molar-refractivity contribution >= 4 is 17.6 Å². The topological polar surface area (TPSA) is 125 Å². The van der Waals surface area contributed by atoms with Crippen LogP contribution in [-0.4, -0.2) is 83.5 Å². The quantitative estimate of drug-likeness (QED) is 0.406. The van der Waals surface area contributed by atoms with Crippen LogP contribution in [0, 0.1) is 6.92 Å². The minimum atomic E-state index is -1.26. The maximum atomic E-state index is 9.55. The zero-order chi connectivity index (χ0) is 27.3. The number of aryl methyl sites for hydroxylation is 1. The number of hydrogen-bond donors (Lipinski definition) is 2. The summed E-state index contributed by atoms with van der Waals surface area (Å²) < 4.78 is 11.2. The predicted octanol–water partition coefficient (Wildman–Crippen LogP) is 3.37. The minimum absolute atomic E-state index is 0.558. The number of rotatable bonds is 9. The molecule has 2 aromatic carbocycles. The van der Waals surface area contributed by atoms with Gasteiger partial charge in [-0.1, -0.05) is 30.3 Å². The van der Waals surface area contributed by atoms with Crippen LogP contribution < -0.4 is 14.4 Å². The molecule has 0 amide bonds. The molecule has 38 heavy (non-hydrogen) atoms. The third kappa shape index (κ3) is 9.21. The van der Waals surface area contributed by atoms with Gasteiger partial charge < -0.3 is 24.6 Å². The largest absolute Gasteiger partial charge is 0.497 e. The molecule has 0 radical (unpaired) electrons. The molecular formula is C28H32N4O6. The van der Waals surface area contributed by atoms with Crippen molar-refractivity contribution in [3.63, 3.8) is 0 Å². The lowest BCUT2D eigenvalue weighted by atomic mass is 10.2. The van der Waals surface area contributed by atoms with Crippen molar-refractivity contribution < 1.29 is 29.3 Å². The molecule has 200 valence electrons. The van der Waals surface area contributed by atoms with Crippen LogP contribution >= 0.6 is 0 Å². The summed E-state index contributed by atoms with van der Waals surface area (Å²) in [6.45, 7) is 7.54. The number of carboxylic acid groups (broad SMARTS) is 2. The van der Waals surface area contributed by atoms with Crippen LogP contribution in [0.5, 0.6) is 11.6 Å². The Morgan fingerprint density at radius 2 is 1.55 bits per heavy atom. The van der Waals surface area contributed by atoms with E-state index in [1.165, 1.54) is 5.69 Å². The number of methoxy groups -OCH3 is 1. The second-order valence-corrected chi connectivity index (χ2v) is 8.42. The van der Waals surface area contributed by atoms with Gasteiger partial charge >= 0.3 is 11.9 Å². The molecule has 0 atom stereocenters. The van der Waals surface area contributed by atoms with Gasteiger partial charge in [-0.25, -0.2) is 14.6 Å². The van der Waals surface area contributed by atoms with E-state index >= 15 is 0 Å². The average molecular weight is 521 g/mol. The standard InChI is InChI=1S/C24H28N4O2.C4H4O4/c1-19-18-23(26-24(25-19)20-6-4-3-5-7-20)30-17-16-27-12-14-28(15-13-27)21-8-10-22(29-2)11-9-21;5-3(6)1-2-4(7)8/h3-11,18H,12-17H2,1-2H3;1-2H,(H,5,6)(H,7,8)/b;2-1-. The number of hydrogen-bond acceptors (Lipinski definition) is 8. The summed E-state index contributed by atoms with van der Waals surface area (Å²) in [6, 6.07) is 20.2. The Morgan fingerprint density at radius 3 is 2.13 bits per heavy atom. The van der Waals surface area contributed by atoms with Gasteiger partial charge in [-0.2, -0.15) is 4.98 Å². The maximum Gasteiger partial charge on any atom is 0.328 e. The van der Waals surface area contributed by atoms with Crippen molar-refractivity contribution in [3.8, 4) is 23.0 Å². The number of anilines is 1. The fourth-order valence-corrected chi connectivity index (χ4v) is 3.77. The lowest BCUT2D eigenvalue weighted by molar-refractivity contribution is -0.134. The van der Waals surface area contributed by atoms with Gasteiger partial charge in [0, 0.05) is 67.9 Å². The summed E-state index contributed by atoms with van der Waals surface area (Å²) in [5.74, 6) is -0.276. The van der Waals surface area contributed by atoms with Crippen molar-refractivity contribution in [3.05, 3.63) is 78.5 Å². The first-order chi connectivity index (χ1) is 18.3. The number of ether oxygens (including phenoxy) is 2. The molecule has 10 nitrogen and oxygen atoms in total. The highest BCUT2D eigenvalue weighted by molar-refractivity contribution is 5.89. The minimum Gasteiger partial charge on any atom is -0.497 e. The Balaban J connectivity index is 0.000000436. The first kappa shape index (κ1) is 28.1. The maximum absolute atomic E-state index is 9.55. The Bertz CT molecular complexity index is 1190. The molecule has 0 aliphatic carbocycles. The van der Waals surface area contributed by atoms with Crippen LogP contribution in [-0.2, 0) is 9.59 Å². The highest BCUT2D eigenvalue weighted by Crippen LogP contribution is 2.21. The summed E-state index contributed by atoms with van der Waals surface area (Å²) in [5.41, 5.74) is 3.16. The molecular weight excluding hydrogens is 488 g/mol. The van der Waals surface area contributed by atoms with E-state index in [0.29, 0.717) is 30.5 Å². The van der Waals surface area contributed by atoms with E-state index in [-0.39, 0.29) is 0 Å². The van der Waals surface area contributed by atoms with Gasteiger partial charge in [-0.15, -0.1) is 0 Å². The highest BCUT2D eigenvalue weighted by atomic mass is 16.5. The molecule has 0 bridgehead atoms. The van der Waals surface area contributed by atoms with Crippen molar-refractivity contribution in [2.24, 2.45) is 0 Å². The van der Waals surface area contributed by atoms with Gasteiger partial charge in [0.2, 0.25) is 5.88 Å². The van der Waals surface area contributed by atoms with Crippen LogP contribution in [0.15, 0.2) is 72.8 Å². The van der Waals surface area contributed by atoms with Crippen LogP contribution in [0.25, 0.3) is 11.4 Å². The first-order valence-electron chi connectivity index (χ1n) is 12.1. The van der Waals surface area contributed by atoms with Crippen LogP contribution in [0.3, 0.4) is 0 Å². The number of aliphatic carboxylic acids is 2. The van der Waals surface area contributed by atoms with Gasteiger partial charge in [0.15, 0.2) is 5.82 Å². The summed E-state index contributed by atoms with van der Waals surface area (Å²) >= 11 is 0. The van der Waals surface area contributed by atoms with E-state index < -0.39 is 11.9 Å². The van der Waals surface area contributed by atoms with E-state index in [0.717, 1.165) is 49.7 Å². The molecule has 1 aliphatic rings. The zero-order valence-corrected chi connectivity index (χ0v) is 21.5. The summed E-state index contributed by atoms with van der Waals surface area (Å²) in [7, 11) is 1.70. The fourth-order valence-electron chi connectivity index (χ4n) is 3.77. The monoisotopic (exact) mass is 520 g/mol. The molecule has 0 spiro atoms. The van der Waals surface area contributed by atoms with E-state index in [1.807, 2.05) is 55.5 Å². The van der Waals surface area contributed by atoms with Gasteiger partial charge in [0.25, 0.3) is 0 Å². The molecule has 10 heteroatoms. The average Bonchev–Trinajstić information content (AvgIpc) is 2.93. The van der Waals surface area contributed by atoms with E-state index in [1.54, 1.807) is 7.11 Å². The third-order valence-corrected chi connectivity index (χ3v) is 5.70. The van der Waals surface area contributed by atoms with Crippen molar-refractivity contribution in [2.75, 3.05) is 51.3 Å². The Kier molecular flexibility index (Phi) is 10.6. The number of carbonyl (C=O) groups is 2. The SMILES string of the molecule is COc1ccc(N2CCN(CCOc3cc(C)nc(-c4ccccc4)n3)CC2)cc1.O=C(O)/C=C\C(=O)O. The zero-order valence-electron chi connectivity index (χ0n) is 21.5. The fraction of sp³-hybridized carbons (Fsp3) is 0.286. The summed E-state index contributed by atoms with van der Waals surface area (Å²) in [4.78, 5) is 33.1. The second kappa shape index (κ2) is 14.3. The number of piperazine rings is 1. The Hall–Kier alpha value is -4.44. The molecule has 1 aliphatic heterocycles. The molecule has 3 aromatic rings. The van der Waals surface area contributed by atoms with Gasteiger partial charge in [-0.05, 0) is 31.2 Å². The second-order valence-electron chi connectivity index (χ2n) is 8.42. The number of benzene rings is 2. The lowest BCUT2D eigenvalue weighted by Crippen LogP contribution is -2.47. The summed E-state index contributed by atoms with van der Waals surface area (Å²) in [5, 5.41) is 15.6. The molecule has 0 saturated carbocycles. The van der Waals surface area contributed by atoms with Gasteiger partial charge in [0.05, 0.1) is 7.11 Å². The van der Waals surface area contributed by atoms with Crippen molar-refractivity contribution in [2.45, 2.75) is 6.92 Å². The first-order valence-corrected chi connectivity index (χ1v) is 12.1. The highest BCUT2D eigenvalue weighted by Gasteiger charge is 2.17. The van der Waals surface area contributed by atoms with Crippen molar-refractivity contribution in [1.82, 2.24) is 14.9 Å².